The zero-order valence-corrected chi connectivity index (χ0v) is 10.7. The van der Waals surface area contributed by atoms with E-state index in [2.05, 4.69) is 32.1 Å². The minimum absolute atomic E-state index is 0.735. The Morgan fingerprint density at radius 2 is 2.06 bits per heavy atom. The Morgan fingerprint density at radius 3 is 2.76 bits per heavy atom. The van der Waals surface area contributed by atoms with Crippen LogP contribution in [-0.2, 0) is 0 Å². The highest BCUT2D eigenvalue weighted by Gasteiger charge is 2.12. The molecule has 0 bridgehead atoms. The maximum atomic E-state index is 4.32. The van der Waals surface area contributed by atoms with E-state index in [0.717, 1.165) is 37.8 Å². The molecule has 0 amide bonds. The minimum atomic E-state index is 0.735. The topological polar surface area (TPSA) is 44.3 Å². The molecule has 0 spiro atoms. The Balaban J connectivity index is 1.69. The molecular formula is C12H21N5. The molecule has 5 nitrogen and oxygen atoms in total. The van der Waals surface area contributed by atoms with Crippen LogP contribution in [-0.4, -0.2) is 66.1 Å². The number of rotatable bonds is 4. The lowest BCUT2D eigenvalue weighted by Crippen LogP contribution is -2.45. The first-order chi connectivity index (χ1) is 8.24. The molecule has 94 valence electrons. The van der Waals surface area contributed by atoms with Crippen LogP contribution < -0.4 is 5.32 Å². The maximum absolute atomic E-state index is 4.32. The molecule has 0 radical (unpaired) electrons. The molecule has 1 N–H and O–H groups in total. The third kappa shape index (κ3) is 3.94. The number of likely N-dealkylation sites (N-methyl/N-ethyl adjacent to an activating group) is 1. The molecule has 1 saturated heterocycles. The van der Waals surface area contributed by atoms with Crippen LogP contribution in [0.5, 0.6) is 0 Å². The molecular weight excluding hydrogens is 214 g/mol. The van der Waals surface area contributed by atoms with Crippen molar-refractivity contribution in [3.63, 3.8) is 0 Å². The highest BCUT2D eigenvalue weighted by Crippen LogP contribution is 2.00. The van der Waals surface area contributed by atoms with Crippen molar-refractivity contribution in [3.8, 4) is 0 Å². The fourth-order valence-corrected chi connectivity index (χ4v) is 1.93. The summed E-state index contributed by atoms with van der Waals surface area (Å²) in [6, 6.07) is 1.91. The van der Waals surface area contributed by atoms with Crippen molar-refractivity contribution in [2.75, 3.05) is 51.6 Å². The summed E-state index contributed by atoms with van der Waals surface area (Å²) in [6.45, 7) is 8.60. The first kappa shape index (κ1) is 12.3. The van der Waals surface area contributed by atoms with E-state index in [1.165, 1.54) is 13.1 Å². The van der Waals surface area contributed by atoms with E-state index in [-0.39, 0.29) is 0 Å². The average molecular weight is 235 g/mol. The fraction of sp³-hybridized carbons (Fsp3) is 0.667. The third-order valence-corrected chi connectivity index (χ3v) is 3.10. The van der Waals surface area contributed by atoms with Crippen molar-refractivity contribution >= 4 is 5.95 Å². The predicted molar refractivity (Wildman–Crippen MR) is 69.2 cm³/mol. The van der Waals surface area contributed by atoms with Gasteiger partial charge >= 0.3 is 0 Å². The maximum Gasteiger partial charge on any atom is 0.222 e. The molecule has 1 aromatic rings. The molecule has 0 aromatic carbocycles. The lowest BCUT2D eigenvalue weighted by Gasteiger charge is -2.32. The lowest BCUT2D eigenvalue weighted by molar-refractivity contribution is 0.158. The molecule has 0 saturated carbocycles. The second kappa shape index (κ2) is 5.93. The summed E-state index contributed by atoms with van der Waals surface area (Å²) >= 11 is 0. The normalized spacial score (nSPS) is 18.2. The van der Waals surface area contributed by atoms with Crippen LogP contribution in [0.15, 0.2) is 12.3 Å². The van der Waals surface area contributed by atoms with Crippen LogP contribution >= 0.6 is 0 Å². The molecule has 2 heterocycles. The second-order valence-corrected chi connectivity index (χ2v) is 4.59. The summed E-state index contributed by atoms with van der Waals surface area (Å²) in [6.07, 6.45) is 1.79. The largest absolute Gasteiger partial charge is 0.353 e. The lowest BCUT2D eigenvalue weighted by atomic mass is 10.3. The van der Waals surface area contributed by atoms with Gasteiger partial charge in [-0.1, -0.05) is 0 Å². The van der Waals surface area contributed by atoms with Gasteiger partial charge in [0.25, 0.3) is 0 Å². The van der Waals surface area contributed by atoms with Gasteiger partial charge in [-0.2, -0.15) is 0 Å². The Labute approximate surface area is 103 Å². The predicted octanol–water partition coefficient (Wildman–Crippen LogP) is 0.444. The van der Waals surface area contributed by atoms with Gasteiger partial charge in [-0.05, 0) is 20.0 Å². The van der Waals surface area contributed by atoms with Crippen LogP contribution in [0.1, 0.15) is 5.69 Å². The van der Waals surface area contributed by atoms with Crippen molar-refractivity contribution in [1.82, 2.24) is 19.8 Å². The standard InChI is InChI=1S/C12H21N5/c1-11-3-4-13-12(15-11)14-5-6-17-9-7-16(2)8-10-17/h3-4H,5-10H2,1-2H3,(H,13,14,15). The number of piperazine rings is 1. The van der Waals surface area contributed by atoms with Gasteiger partial charge in [0.2, 0.25) is 5.95 Å². The van der Waals surface area contributed by atoms with Crippen molar-refractivity contribution < 1.29 is 0 Å². The van der Waals surface area contributed by atoms with Crippen LogP contribution in [0.4, 0.5) is 5.95 Å². The Hall–Kier alpha value is -1.20. The smallest absolute Gasteiger partial charge is 0.222 e. The fourth-order valence-electron chi connectivity index (χ4n) is 1.93. The van der Waals surface area contributed by atoms with Crippen LogP contribution in [0.25, 0.3) is 0 Å². The number of aromatic nitrogens is 2. The van der Waals surface area contributed by atoms with Crippen molar-refractivity contribution in [2.24, 2.45) is 0 Å². The molecule has 0 atom stereocenters. The molecule has 2 rings (SSSR count). The van der Waals surface area contributed by atoms with Gasteiger partial charge in [0, 0.05) is 51.2 Å². The van der Waals surface area contributed by atoms with Gasteiger partial charge in [-0.25, -0.2) is 9.97 Å². The minimum Gasteiger partial charge on any atom is -0.353 e. The van der Waals surface area contributed by atoms with Crippen molar-refractivity contribution in [1.29, 1.82) is 0 Å². The number of hydrogen-bond donors (Lipinski definition) is 1. The number of aryl methyl sites for hydroxylation is 1. The zero-order valence-electron chi connectivity index (χ0n) is 10.7. The monoisotopic (exact) mass is 235 g/mol. The molecule has 5 heteroatoms. The van der Waals surface area contributed by atoms with E-state index in [1.54, 1.807) is 6.20 Å². The number of nitrogens with zero attached hydrogens (tertiary/aromatic N) is 4. The molecule has 1 aromatic heterocycles. The first-order valence-electron chi connectivity index (χ1n) is 6.18. The quantitative estimate of drug-likeness (QED) is 0.820. The van der Waals surface area contributed by atoms with E-state index in [0.29, 0.717) is 0 Å². The number of nitrogens with one attached hydrogen (secondary N) is 1. The summed E-state index contributed by atoms with van der Waals surface area (Å²) in [7, 11) is 2.18. The molecule has 0 unspecified atom stereocenters. The Kier molecular flexibility index (Phi) is 4.28. The first-order valence-corrected chi connectivity index (χ1v) is 6.18. The van der Waals surface area contributed by atoms with Crippen molar-refractivity contribution in [3.05, 3.63) is 18.0 Å². The molecule has 1 aliphatic heterocycles. The summed E-state index contributed by atoms with van der Waals surface area (Å²) in [5, 5.41) is 3.27. The van der Waals surface area contributed by atoms with Crippen LogP contribution in [0.2, 0.25) is 0 Å². The second-order valence-electron chi connectivity index (χ2n) is 4.59. The highest BCUT2D eigenvalue weighted by atomic mass is 15.3. The van der Waals surface area contributed by atoms with Gasteiger partial charge in [0.15, 0.2) is 0 Å². The summed E-state index contributed by atoms with van der Waals surface area (Å²) < 4.78 is 0. The molecule has 17 heavy (non-hydrogen) atoms. The van der Waals surface area contributed by atoms with Gasteiger partial charge in [-0.15, -0.1) is 0 Å². The zero-order chi connectivity index (χ0) is 12.1. The van der Waals surface area contributed by atoms with Crippen LogP contribution in [0, 0.1) is 6.92 Å². The van der Waals surface area contributed by atoms with E-state index in [1.807, 2.05) is 13.0 Å². The van der Waals surface area contributed by atoms with Crippen molar-refractivity contribution in [2.45, 2.75) is 6.92 Å². The average Bonchev–Trinajstić information content (AvgIpc) is 2.32. The summed E-state index contributed by atoms with van der Waals surface area (Å²) in [5.74, 6) is 0.735. The molecule has 1 fully saturated rings. The Bertz CT molecular complexity index is 347. The van der Waals surface area contributed by atoms with Crippen LogP contribution in [0.3, 0.4) is 0 Å². The van der Waals surface area contributed by atoms with E-state index in [9.17, 15) is 0 Å². The SMILES string of the molecule is Cc1ccnc(NCCN2CCN(C)CC2)n1. The molecule has 1 aliphatic rings. The number of anilines is 1. The Morgan fingerprint density at radius 1 is 1.29 bits per heavy atom. The summed E-state index contributed by atoms with van der Waals surface area (Å²) in [4.78, 5) is 13.3. The number of hydrogen-bond acceptors (Lipinski definition) is 5. The summed E-state index contributed by atoms with van der Waals surface area (Å²) in [5.41, 5.74) is 1.00. The van der Waals surface area contributed by atoms with E-state index < -0.39 is 0 Å². The van der Waals surface area contributed by atoms with E-state index >= 15 is 0 Å². The molecule has 0 aliphatic carbocycles. The van der Waals surface area contributed by atoms with Gasteiger partial charge < -0.3 is 10.2 Å². The van der Waals surface area contributed by atoms with Gasteiger partial charge in [0.05, 0.1) is 0 Å². The van der Waals surface area contributed by atoms with Gasteiger partial charge in [0.1, 0.15) is 0 Å². The van der Waals surface area contributed by atoms with Gasteiger partial charge in [-0.3, -0.25) is 4.90 Å². The third-order valence-electron chi connectivity index (χ3n) is 3.10. The highest BCUT2D eigenvalue weighted by molar-refractivity contribution is 5.24. The van der Waals surface area contributed by atoms with E-state index in [4.69, 9.17) is 0 Å².